The van der Waals surface area contributed by atoms with Crippen molar-refractivity contribution in [3.63, 3.8) is 0 Å². The highest BCUT2D eigenvalue weighted by Crippen LogP contribution is 2.17. The lowest BCUT2D eigenvalue weighted by Crippen LogP contribution is -2.19. The molecular weight excluding hydrogens is 166 g/mol. The van der Waals surface area contributed by atoms with Gasteiger partial charge < -0.3 is 9.67 Å². The molecule has 0 saturated carbocycles. The average Bonchev–Trinajstić information content (AvgIpc) is 2.50. The summed E-state index contributed by atoms with van der Waals surface area (Å²) in [5, 5.41) is 8.97. The molecule has 1 atom stereocenters. The van der Waals surface area contributed by atoms with E-state index in [1.54, 1.807) is 17.0 Å². The number of carbonyl (C=O) groups is 1. The maximum Gasteiger partial charge on any atom is 0.326 e. The summed E-state index contributed by atoms with van der Waals surface area (Å²) in [4.78, 5) is 10.9. The zero-order valence-electron chi connectivity index (χ0n) is 7.97. The Kier molecular flexibility index (Phi) is 3.12. The van der Waals surface area contributed by atoms with E-state index in [1.807, 2.05) is 26.0 Å². The third-order valence-electron chi connectivity index (χ3n) is 1.97. The van der Waals surface area contributed by atoms with Crippen molar-refractivity contribution >= 4 is 5.97 Å². The lowest BCUT2D eigenvalue weighted by atomic mass is 10.0. The molecule has 3 nitrogen and oxygen atoms in total. The van der Waals surface area contributed by atoms with E-state index in [-0.39, 0.29) is 0 Å². The molecule has 72 valence electrons. The molecule has 0 aromatic carbocycles. The number of carboxylic acid groups (broad SMARTS) is 1. The first-order chi connectivity index (χ1) is 6.11. The second-order valence-corrected chi connectivity index (χ2v) is 3.61. The summed E-state index contributed by atoms with van der Waals surface area (Å²) < 4.78 is 1.74. The fourth-order valence-corrected chi connectivity index (χ4v) is 1.35. The van der Waals surface area contributed by atoms with Crippen LogP contribution in [0.2, 0.25) is 0 Å². The minimum atomic E-state index is -0.759. The Morgan fingerprint density at radius 1 is 1.38 bits per heavy atom. The van der Waals surface area contributed by atoms with Crippen molar-refractivity contribution in [3.05, 3.63) is 24.5 Å². The zero-order valence-corrected chi connectivity index (χ0v) is 7.97. The van der Waals surface area contributed by atoms with Crippen LogP contribution in [-0.4, -0.2) is 15.6 Å². The van der Waals surface area contributed by atoms with E-state index in [1.165, 1.54) is 0 Å². The van der Waals surface area contributed by atoms with E-state index in [4.69, 9.17) is 5.11 Å². The maximum absolute atomic E-state index is 10.9. The minimum Gasteiger partial charge on any atom is -0.480 e. The molecule has 0 radical (unpaired) electrons. The van der Waals surface area contributed by atoms with Gasteiger partial charge in [-0.25, -0.2) is 4.79 Å². The largest absolute Gasteiger partial charge is 0.480 e. The predicted octanol–water partition coefficient (Wildman–Crippen LogP) is 2.16. The summed E-state index contributed by atoms with van der Waals surface area (Å²) in [6.07, 6.45) is 4.26. The summed E-state index contributed by atoms with van der Waals surface area (Å²) in [6.45, 7) is 4.05. The number of carboxylic acids is 1. The van der Waals surface area contributed by atoms with Crippen molar-refractivity contribution in [2.75, 3.05) is 0 Å². The number of nitrogens with zero attached hydrogens (tertiary/aromatic N) is 1. The van der Waals surface area contributed by atoms with Crippen LogP contribution >= 0.6 is 0 Å². The Balaban J connectivity index is 2.75. The van der Waals surface area contributed by atoms with Crippen LogP contribution in [0.25, 0.3) is 0 Å². The van der Waals surface area contributed by atoms with Crippen LogP contribution in [0.5, 0.6) is 0 Å². The van der Waals surface area contributed by atoms with Crippen molar-refractivity contribution in [1.82, 2.24) is 4.57 Å². The van der Waals surface area contributed by atoms with Crippen molar-refractivity contribution in [2.45, 2.75) is 26.3 Å². The highest BCUT2D eigenvalue weighted by molar-refractivity contribution is 5.71. The molecule has 1 rings (SSSR count). The third kappa shape index (κ3) is 2.61. The van der Waals surface area contributed by atoms with E-state index in [9.17, 15) is 4.79 Å². The SMILES string of the molecule is CC(C)CC(C(=O)O)n1cccc1. The summed E-state index contributed by atoms with van der Waals surface area (Å²) in [5.74, 6) is -0.367. The van der Waals surface area contributed by atoms with Crippen molar-refractivity contribution in [2.24, 2.45) is 5.92 Å². The van der Waals surface area contributed by atoms with E-state index in [0.29, 0.717) is 12.3 Å². The van der Waals surface area contributed by atoms with Crippen LogP contribution in [0, 0.1) is 5.92 Å². The number of hydrogen-bond acceptors (Lipinski definition) is 1. The Hall–Kier alpha value is -1.25. The van der Waals surface area contributed by atoms with Gasteiger partial charge in [-0.05, 0) is 24.5 Å². The maximum atomic E-state index is 10.9. The molecule has 1 N–H and O–H groups in total. The second kappa shape index (κ2) is 4.12. The number of aliphatic carboxylic acids is 1. The van der Waals surface area contributed by atoms with Crippen molar-refractivity contribution in [3.8, 4) is 0 Å². The van der Waals surface area contributed by atoms with E-state index in [0.717, 1.165) is 0 Å². The summed E-state index contributed by atoms with van der Waals surface area (Å²) >= 11 is 0. The van der Waals surface area contributed by atoms with Gasteiger partial charge in [-0.2, -0.15) is 0 Å². The number of rotatable bonds is 4. The van der Waals surface area contributed by atoms with Crippen LogP contribution in [0.1, 0.15) is 26.3 Å². The lowest BCUT2D eigenvalue weighted by Gasteiger charge is -2.16. The van der Waals surface area contributed by atoms with Crippen LogP contribution < -0.4 is 0 Å². The van der Waals surface area contributed by atoms with Gasteiger partial charge >= 0.3 is 5.97 Å². The summed E-state index contributed by atoms with van der Waals surface area (Å²) in [6, 6.07) is 3.27. The summed E-state index contributed by atoms with van der Waals surface area (Å²) in [7, 11) is 0. The molecule has 3 heteroatoms. The van der Waals surface area contributed by atoms with E-state index < -0.39 is 12.0 Å². The molecule has 0 aliphatic heterocycles. The third-order valence-corrected chi connectivity index (χ3v) is 1.97. The number of hydrogen-bond donors (Lipinski definition) is 1. The highest BCUT2D eigenvalue weighted by Gasteiger charge is 2.19. The smallest absolute Gasteiger partial charge is 0.326 e. The molecule has 1 aromatic rings. The number of aromatic nitrogens is 1. The molecule has 0 bridgehead atoms. The molecule has 13 heavy (non-hydrogen) atoms. The Bertz CT molecular complexity index is 264. The second-order valence-electron chi connectivity index (χ2n) is 3.61. The van der Waals surface area contributed by atoms with Crippen LogP contribution in [0.3, 0.4) is 0 Å². The molecule has 1 aromatic heterocycles. The Labute approximate surface area is 78.0 Å². The van der Waals surface area contributed by atoms with Gasteiger partial charge in [0.1, 0.15) is 6.04 Å². The summed E-state index contributed by atoms with van der Waals surface area (Å²) in [5.41, 5.74) is 0. The highest BCUT2D eigenvalue weighted by atomic mass is 16.4. The fraction of sp³-hybridized carbons (Fsp3) is 0.500. The van der Waals surface area contributed by atoms with Crippen molar-refractivity contribution in [1.29, 1.82) is 0 Å². The molecule has 0 fully saturated rings. The fourth-order valence-electron chi connectivity index (χ4n) is 1.35. The van der Waals surface area contributed by atoms with Gasteiger partial charge in [0.25, 0.3) is 0 Å². The zero-order chi connectivity index (χ0) is 9.84. The van der Waals surface area contributed by atoms with Crippen LogP contribution in [0.15, 0.2) is 24.5 Å². The molecule has 1 heterocycles. The average molecular weight is 181 g/mol. The van der Waals surface area contributed by atoms with E-state index in [2.05, 4.69) is 0 Å². The molecule has 1 unspecified atom stereocenters. The van der Waals surface area contributed by atoms with Crippen LogP contribution in [-0.2, 0) is 4.79 Å². The first kappa shape index (κ1) is 9.84. The Morgan fingerprint density at radius 2 is 1.92 bits per heavy atom. The van der Waals surface area contributed by atoms with Gasteiger partial charge in [-0.1, -0.05) is 13.8 Å². The molecule has 0 aliphatic carbocycles. The lowest BCUT2D eigenvalue weighted by molar-refractivity contribution is -0.141. The molecule has 0 saturated heterocycles. The van der Waals surface area contributed by atoms with Crippen molar-refractivity contribution < 1.29 is 9.90 Å². The van der Waals surface area contributed by atoms with Gasteiger partial charge in [-0.15, -0.1) is 0 Å². The Morgan fingerprint density at radius 3 is 2.31 bits per heavy atom. The molecular formula is C10H15NO2. The molecule has 0 aliphatic rings. The topological polar surface area (TPSA) is 42.2 Å². The standard InChI is InChI=1S/C10H15NO2/c1-8(2)7-9(10(12)13)11-5-3-4-6-11/h3-6,8-9H,7H2,1-2H3,(H,12,13). The normalized spacial score (nSPS) is 13.2. The monoisotopic (exact) mass is 181 g/mol. The first-order valence-corrected chi connectivity index (χ1v) is 4.46. The van der Waals surface area contributed by atoms with Gasteiger partial charge in [0, 0.05) is 12.4 Å². The van der Waals surface area contributed by atoms with Gasteiger partial charge in [0.2, 0.25) is 0 Å². The quantitative estimate of drug-likeness (QED) is 0.773. The van der Waals surface area contributed by atoms with E-state index >= 15 is 0 Å². The predicted molar refractivity (Wildman–Crippen MR) is 50.6 cm³/mol. The minimum absolute atomic E-state index is 0.392. The molecule has 0 spiro atoms. The first-order valence-electron chi connectivity index (χ1n) is 4.46. The van der Waals surface area contributed by atoms with Crippen LogP contribution in [0.4, 0.5) is 0 Å². The van der Waals surface area contributed by atoms with Gasteiger partial charge in [-0.3, -0.25) is 0 Å². The van der Waals surface area contributed by atoms with Gasteiger partial charge in [0.05, 0.1) is 0 Å². The van der Waals surface area contributed by atoms with Gasteiger partial charge in [0.15, 0.2) is 0 Å². The molecule has 0 amide bonds.